The Hall–Kier alpha value is -1.82. The highest BCUT2D eigenvalue weighted by atomic mass is 19.4. The van der Waals surface area contributed by atoms with Crippen molar-refractivity contribution in [3.05, 3.63) is 41.6 Å². The third-order valence-corrected chi connectivity index (χ3v) is 3.55. The molecule has 0 aliphatic rings. The molecular weight excluding hydrogens is 291 g/mol. The standard InChI is InChI=1S/C16H20F3N3/c1-3-4-9-22(2)11-12-10-20-21-15(12)13-7-5-6-8-14(13)16(17,18)19/h5-8,10H,3-4,9,11H2,1-2H3,(H,20,21). The van der Waals surface area contributed by atoms with Crippen molar-refractivity contribution in [2.75, 3.05) is 13.6 Å². The molecule has 0 amide bonds. The van der Waals surface area contributed by atoms with E-state index in [1.807, 2.05) is 7.05 Å². The Labute approximate surface area is 128 Å². The topological polar surface area (TPSA) is 31.9 Å². The summed E-state index contributed by atoms with van der Waals surface area (Å²) in [6, 6.07) is 5.58. The van der Waals surface area contributed by atoms with Crippen LogP contribution in [0, 0.1) is 0 Å². The van der Waals surface area contributed by atoms with Gasteiger partial charge in [0, 0.05) is 17.7 Å². The minimum absolute atomic E-state index is 0.145. The number of halogens is 3. The Morgan fingerprint density at radius 3 is 2.64 bits per heavy atom. The number of hydrogen-bond acceptors (Lipinski definition) is 2. The number of rotatable bonds is 6. The maximum Gasteiger partial charge on any atom is 0.417 e. The van der Waals surface area contributed by atoms with Gasteiger partial charge in [-0.05, 0) is 26.1 Å². The average molecular weight is 311 g/mol. The largest absolute Gasteiger partial charge is 0.417 e. The third-order valence-electron chi connectivity index (χ3n) is 3.55. The fraction of sp³-hybridized carbons (Fsp3) is 0.438. The molecule has 0 saturated carbocycles. The minimum Gasteiger partial charge on any atom is -0.302 e. The van der Waals surface area contributed by atoms with Crippen molar-refractivity contribution in [2.24, 2.45) is 0 Å². The molecule has 0 aliphatic carbocycles. The molecule has 22 heavy (non-hydrogen) atoms. The van der Waals surface area contributed by atoms with Crippen molar-refractivity contribution >= 4 is 0 Å². The van der Waals surface area contributed by atoms with Gasteiger partial charge in [0.2, 0.25) is 0 Å². The zero-order chi connectivity index (χ0) is 16.2. The summed E-state index contributed by atoms with van der Waals surface area (Å²) in [4.78, 5) is 2.09. The first-order valence-corrected chi connectivity index (χ1v) is 7.31. The van der Waals surface area contributed by atoms with Gasteiger partial charge in [-0.1, -0.05) is 31.5 Å². The summed E-state index contributed by atoms with van der Waals surface area (Å²) in [5.74, 6) is 0. The van der Waals surface area contributed by atoms with Crippen LogP contribution in [-0.4, -0.2) is 28.7 Å². The molecule has 0 radical (unpaired) electrons. The van der Waals surface area contributed by atoms with Gasteiger partial charge in [-0.15, -0.1) is 0 Å². The number of nitrogens with one attached hydrogen (secondary N) is 1. The molecule has 0 bridgehead atoms. The second-order valence-corrected chi connectivity index (χ2v) is 5.40. The van der Waals surface area contributed by atoms with Crippen molar-refractivity contribution in [3.63, 3.8) is 0 Å². The number of hydrogen-bond donors (Lipinski definition) is 1. The van der Waals surface area contributed by atoms with Crippen LogP contribution < -0.4 is 0 Å². The predicted molar refractivity (Wildman–Crippen MR) is 80.3 cm³/mol. The summed E-state index contributed by atoms with van der Waals surface area (Å²) in [7, 11) is 1.96. The van der Waals surface area contributed by atoms with E-state index in [1.54, 1.807) is 12.3 Å². The summed E-state index contributed by atoms with van der Waals surface area (Å²) in [6.07, 6.45) is -0.639. The predicted octanol–water partition coefficient (Wildman–Crippen LogP) is 4.33. The molecule has 0 unspecified atom stereocenters. The van der Waals surface area contributed by atoms with Crippen LogP contribution >= 0.6 is 0 Å². The molecule has 1 aromatic carbocycles. The number of alkyl halides is 3. The van der Waals surface area contributed by atoms with Crippen LogP contribution in [0.4, 0.5) is 13.2 Å². The molecule has 0 spiro atoms. The number of nitrogens with zero attached hydrogens (tertiary/aromatic N) is 2. The highest BCUT2D eigenvalue weighted by Crippen LogP contribution is 2.37. The maximum atomic E-state index is 13.2. The van der Waals surface area contributed by atoms with E-state index in [0.29, 0.717) is 12.2 Å². The number of benzene rings is 1. The molecule has 0 fully saturated rings. The number of aromatic amines is 1. The SMILES string of the molecule is CCCCN(C)Cc1cn[nH]c1-c1ccccc1C(F)(F)F. The van der Waals surface area contributed by atoms with Gasteiger partial charge in [0.05, 0.1) is 17.5 Å². The first kappa shape index (κ1) is 16.5. The zero-order valence-electron chi connectivity index (χ0n) is 12.7. The molecule has 6 heteroatoms. The fourth-order valence-corrected chi connectivity index (χ4v) is 2.41. The van der Waals surface area contributed by atoms with E-state index in [1.165, 1.54) is 12.1 Å². The van der Waals surface area contributed by atoms with E-state index in [9.17, 15) is 13.2 Å². The van der Waals surface area contributed by atoms with Gasteiger partial charge >= 0.3 is 6.18 Å². The number of aromatic nitrogens is 2. The Balaban J connectivity index is 2.30. The van der Waals surface area contributed by atoms with Crippen molar-refractivity contribution in [2.45, 2.75) is 32.5 Å². The van der Waals surface area contributed by atoms with Crippen LogP contribution in [0.2, 0.25) is 0 Å². The first-order valence-electron chi connectivity index (χ1n) is 7.31. The third kappa shape index (κ3) is 3.88. The quantitative estimate of drug-likeness (QED) is 0.861. The Bertz CT molecular complexity index is 605. The molecule has 0 aliphatic heterocycles. The van der Waals surface area contributed by atoms with Crippen LogP contribution in [0.25, 0.3) is 11.3 Å². The van der Waals surface area contributed by atoms with E-state index < -0.39 is 11.7 Å². The Morgan fingerprint density at radius 1 is 1.23 bits per heavy atom. The molecule has 0 saturated heterocycles. The summed E-state index contributed by atoms with van der Waals surface area (Å²) < 4.78 is 39.5. The minimum atomic E-state index is -4.38. The van der Waals surface area contributed by atoms with Crippen molar-refractivity contribution in [1.82, 2.24) is 15.1 Å². The van der Waals surface area contributed by atoms with Crippen LogP contribution in [-0.2, 0) is 12.7 Å². The van der Waals surface area contributed by atoms with E-state index in [-0.39, 0.29) is 5.56 Å². The van der Waals surface area contributed by atoms with Crippen molar-refractivity contribution in [3.8, 4) is 11.3 Å². The molecule has 3 nitrogen and oxygen atoms in total. The van der Waals surface area contributed by atoms with E-state index in [2.05, 4.69) is 22.0 Å². The van der Waals surface area contributed by atoms with Gasteiger partial charge in [-0.3, -0.25) is 5.10 Å². The second kappa shape index (κ2) is 6.96. The fourth-order valence-electron chi connectivity index (χ4n) is 2.41. The Kier molecular flexibility index (Phi) is 5.24. The molecule has 0 atom stereocenters. The lowest BCUT2D eigenvalue weighted by atomic mass is 10.0. The maximum absolute atomic E-state index is 13.2. The zero-order valence-corrected chi connectivity index (χ0v) is 12.7. The van der Waals surface area contributed by atoms with Crippen LogP contribution in [0.3, 0.4) is 0 Å². The summed E-state index contributed by atoms with van der Waals surface area (Å²) in [6.45, 7) is 3.58. The Morgan fingerprint density at radius 2 is 1.95 bits per heavy atom. The molecule has 1 heterocycles. The monoisotopic (exact) mass is 311 g/mol. The van der Waals surface area contributed by atoms with E-state index >= 15 is 0 Å². The summed E-state index contributed by atoms with van der Waals surface area (Å²) in [5.41, 5.74) is 0.717. The first-order chi connectivity index (χ1) is 10.4. The van der Waals surface area contributed by atoms with Gasteiger partial charge in [-0.2, -0.15) is 18.3 Å². The lowest BCUT2D eigenvalue weighted by Crippen LogP contribution is -2.19. The van der Waals surface area contributed by atoms with Crippen molar-refractivity contribution in [1.29, 1.82) is 0 Å². The smallest absolute Gasteiger partial charge is 0.302 e. The van der Waals surface area contributed by atoms with Crippen LogP contribution in [0.5, 0.6) is 0 Å². The van der Waals surface area contributed by atoms with E-state index in [0.717, 1.165) is 31.0 Å². The summed E-state index contributed by atoms with van der Waals surface area (Å²) in [5, 5.41) is 6.66. The molecular formula is C16H20F3N3. The molecule has 2 rings (SSSR count). The van der Waals surface area contributed by atoms with Crippen LogP contribution in [0.15, 0.2) is 30.5 Å². The average Bonchev–Trinajstić information content (AvgIpc) is 2.92. The number of H-pyrrole nitrogens is 1. The molecule has 2 aromatic rings. The highest BCUT2D eigenvalue weighted by molar-refractivity contribution is 5.67. The molecule has 1 N–H and O–H groups in total. The van der Waals surface area contributed by atoms with Gasteiger partial charge < -0.3 is 4.90 Å². The van der Waals surface area contributed by atoms with Gasteiger partial charge in [0.15, 0.2) is 0 Å². The highest BCUT2D eigenvalue weighted by Gasteiger charge is 2.34. The normalized spacial score (nSPS) is 12.1. The van der Waals surface area contributed by atoms with Crippen molar-refractivity contribution < 1.29 is 13.2 Å². The molecule has 1 aromatic heterocycles. The van der Waals surface area contributed by atoms with Crippen LogP contribution in [0.1, 0.15) is 30.9 Å². The van der Waals surface area contributed by atoms with Gasteiger partial charge in [-0.25, -0.2) is 0 Å². The summed E-state index contributed by atoms with van der Waals surface area (Å²) >= 11 is 0. The number of unbranched alkanes of at least 4 members (excludes halogenated alkanes) is 1. The van der Waals surface area contributed by atoms with E-state index in [4.69, 9.17) is 0 Å². The van der Waals surface area contributed by atoms with Gasteiger partial charge in [0.1, 0.15) is 0 Å². The second-order valence-electron chi connectivity index (χ2n) is 5.40. The molecule has 120 valence electrons. The lowest BCUT2D eigenvalue weighted by molar-refractivity contribution is -0.137. The van der Waals surface area contributed by atoms with Gasteiger partial charge in [0.25, 0.3) is 0 Å². The lowest BCUT2D eigenvalue weighted by Gasteiger charge is -2.17.